The number of benzene rings is 1. The largest absolute Gasteiger partial charge is 0.445 e. The molecule has 134 valence electrons. The van der Waals surface area contributed by atoms with Gasteiger partial charge in [0.2, 0.25) is 15.4 Å². The van der Waals surface area contributed by atoms with Crippen LogP contribution in [0.4, 0.5) is 9.93 Å². The summed E-state index contributed by atoms with van der Waals surface area (Å²) in [5, 5.41) is 16.4. The fourth-order valence-corrected chi connectivity index (χ4v) is 2.93. The Morgan fingerprint density at radius 3 is 2.56 bits per heavy atom. The molecule has 1 aromatic carbocycles. The van der Waals surface area contributed by atoms with Crippen LogP contribution >= 0.6 is 11.3 Å². The van der Waals surface area contributed by atoms with Gasteiger partial charge in [-0.2, -0.15) is 0 Å². The smallest absolute Gasteiger partial charge is 0.408 e. The number of nitrogens with two attached hydrogens (primary N) is 1. The van der Waals surface area contributed by atoms with Gasteiger partial charge in [0.15, 0.2) is 0 Å². The predicted octanol–water partition coefficient (Wildman–Crippen LogP) is 0.439. The molecule has 1 aromatic heterocycles. The first-order valence-electron chi connectivity index (χ1n) is 6.90. The SMILES string of the molecule is C[C@H](NC(=O)OCc1ccccc1)C(=O)Nc1nnc(S(N)(=O)=O)s1. The molecule has 1 heterocycles. The summed E-state index contributed by atoms with van der Waals surface area (Å²) in [6.45, 7) is 1.50. The number of sulfonamides is 1. The van der Waals surface area contributed by atoms with Crippen molar-refractivity contribution < 1.29 is 22.7 Å². The van der Waals surface area contributed by atoms with Crippen molar-refractivity contribution in [3.8, 4) is 0 Å². The number of carbonyl (C=O) groups excluding carboxylic acids is 2. The molecule has 2 amide bonds. The van der Waals surface area contributed by atoms with Crippen LogP contribution < -0.4 is 15.8 Å². The van der Waals surface area contributed by atoms with Gasteiger partial charge in [-0.25, -0.2) is 18.4 Å². The molecular formula is C13H15N5O5S2. The van der Waals surface area contributed by atoms with E-state index < -0.39 is 32.4 Å². The first-order chi connectivity index (χ1) is 11.8. The van der Waals surface area contributed by atoms with Crippen LogP contribution in [-0.2, 0) is 26.2 Å². The molecule has 4 N–H and O–H groups in total. The van der Waals surface area contributed by atoms with Crippen molar-refractivity contribution in [3.63, 3.8) is 0 Å². The van der Waals surface area contributed by atoms with Crippen LogP contribution in [0.2, 0.25) is 0 Å². The summed E-state index contributed by atoms with van der Waals surface area (Å²) in [6, 6.07) is 8.11. The Kier molecular flexibility index (Phi) is 6.01. The lowest BCUT2D eigenvalue weighted by atomic mass is 10.2. The first-order valence-corrected chi connectivity index (χ1v) is 9.26. The number of hydrogen-bond acceptors (Lipinski definition) is 8. The first kappa shape index (κ1) is 18.8. The topological polar surface area (TPSA) is 153 Å². The Balaban J connectivity index is 1.83. The number of hydrogen-bond donors (Lipinski definition) is 3. The van der Waals surface area contributed by atoms with Gasteiger partial charge in [-0.05, 0) is 12.5 Å². The molecule has 25 heavy (non-hydrogen) atoms. The Morgan fingerprint density at radius 2 is 1.96 bits per heavy atom. The average molecular weight is 385 g/mol. The quantitative estimate of drug-likeness (QED) is 0.610. The normalized spacial score (nSPS) is 12.2. The van der Waals surface area contributed by atoms with Gasteiger partial charge >= 0.3 is 6.09 Å². The molecule has 0 unspecified atom stereocenters. The molecule has 2 rings (SSSR count). The second-order valence-electron chi connectivity index (χ2n) is 4.84. The number of anilines is 1. The molecule has 0 spiro atoms. The standard InChI is InChI=1S/C13H15N5O5S2/c1-8(15-12(20)23-7-9-5-3-2-4-6-9)10(19)16-11-17-18-13(24-11)25(14,21)22/h2-6,8H,7H2,1H3,(H,15,20)(H2,14,21,22)(H,16,17,19)/t8-/m0/s1. The van der Waals surface area contributed by atoms with E-state index in [0.29, 0.717) is 11.3 Å². The minimum Gasteiger partial charge on any atom is -0.445 e. The van der Waals surface area contributed by atoms with Crippen molar-refractivity contribution in [2.24, 2.45) is 5.14 Å². The molecule has 0 bridgehead atoms. The maximum atomic E-state index is 12.0. The number of nitrogens with one attached hydrogen (secondary N) is 2. The number of aromatic nitrogens is 2. The fourth-order valence-electron chi connectivity index (χ4n) is 1.60. The van der Waals surface area contributed by atoms with Gasteiger partial charge in [0, 0.05) is 0 Å². The van der Waals surface area contributed by atoms with Crippen LogP contribution in [-0.4, -0.2) is 36.7 Å². The molecule has 0 saturated heterocycles. The van der Waals surface area contributed by atoms with Crippen molar-refractivity contribution >= 4 is 38.5 Å². The third-order valence-corrected chi connectivity index (χ3v) is 4.97. The van der Waals surface area contributed by atoms with Crippen molar-refractivity contribution in [2.75, 3.05) is 5.32 Å². The Morgan fingerprint density at radius 1 is 1.28 bits per heavy atom. The number of carbonyl (C=O) groups is 2. The summed E-state index contributed by atoms with van der Waals surface area (Å²) in [4.78, 5) is 23.6. The number of alkyl carbamates (subject to hydrolysis) is 1. The Bertz CT molecular complexity index is 853. The average Bonchev–Trinajstić information content (AvgIpc) is 3.02. The zero-order chi connectivity index (χ0) is 18.4. The molecule has 1 atom stereocenters. The lowest BCUT2D eigenvalue weighted by Gasteiger charge is -2.13. The highest BCUT2D eigenvalue weighted by molar-refractivity contribution is 7.91. The van der Waals surface area contributed by atoms with Gasteiger partial charge in [-0.1, -0.05) is 41.7 Å². The van der Waals surface area contributed by atoms with Crippen LogP contribution in [0.25, 0.3) is 0 Å². The number of primary sulfonamides is 1. The van der Waals surface area contributed by atoms with E-state index in [1.165, 1.54) is 6.92 Å². The van der Waals surface area contributed by atoms with Crippen LogP contribution in [0.3, 0.4) is 0 Å². The molecule has 0 radical (unpaired) electrons. The van der Waals surface area contributed by atoms with Crippen molar-refractivity contribution in [2.45, 2.75) is 23.9 Å². The minimum atomic E-state index is -3.99. The van der Waals surface area contributed by atoms with Gasteiger partial charge in [0.25, 0.3) is 10.0 Å². The number of nitrogens with zero attached hydrogens (tertiary/aromatic N) is 2. The van der Waals surface area contributed by atoms with E-state index in [9.17, 15) is 18.0 Å². The van der Waals surface area contributed by atoms with Crippen LogP contribution in [0.5, 0.6) is 0 Å². The van der Waals surface area contributed by atoms with Crippen LogP contribution in [0.15, 0.2) is 34.7 Å². The van der Waals surface area contributed by atoms with Gasteiger partial charge in [0.1, 0.15) is 12.6 Å². The molecular weight excluding hydrogens is 370 g/mol. The summed E-state index contributed by atoms with van der Waals surface area (Å²) in [6.07, 6.45) is -0.769. The van der Waals surface area contributed by atoms with E-state index in [0.717, 1.165) is 5.56 Å². The van der Waals surface area contributed by atoms with Crippen molar-refractivity contribution in [1.82, 2.24) is 15.5 Å². The highest BCUT2D eigenvalue weighted by Gasteiger charge is 2.20. The Labute approximate surface area is 147 Å². The lowest BCUT2D eigenvalue weighted by Crippen LogP contribution is -2.41. The second kappa shape index (κ2) is 8.00. The maximum Gasteiger partial charge on any atom is 0.408 e. The summed E-state index contributed by atoms with van der Waals surface area (Å²) in [5.74, 6) is -0.617. The fraction of sp³-hybridized carbons (Fsp3) is 0.231. The third-order valence-electron chi connectivity index (χ3n) is 2.82. The van der Waals surface area contributed by atoms with E-state index >= 15 is 0 Å². The van der Waals surface area contributed by atoms with Crippen LogP contribution in [0, 0.1) is 0 Å². The molecule has 0 saturated carbocycles. The highest BCUT2D eigenvalue weighted by Crippen LogP contribution is 2.18. The van der Waals surface area contributed by atoms with Gasteiger partial charge in [-0.3, -0.25) is 10.1 Å². The number of ether oxygens (including phenoxy) is 1. The van der Waals surface area contributed by atoms with Gasteiger partial charge in [0.05, 0.1) is 0 Å². The molecule has 0 aliphatic rings. The van der Waals surface area contributed by atoms with Crippen LogP contribution in [0.1, 0.15) is 12.5 Å². The zero-order valence-corrected chi connectivity index (χ0v) is 14.6. The maximum absolute atomic E-state index is 12.0. The van der Waals surface area contributed by atoms with Gasteiger partial charge in [-0.15, -0.1) is 10.2 Å². The highest BCUT2D eigenvalue weighted by atomic mass is 32.2. The van der Waals surface area contributed by atoms with E-state index in [1.54, 1.807) is 12.1 Å². The number of amides is 2. The van der Waals surface area contributed by atoms with E-state index in [4.69, 9.17) is 9.88 Å². The molecule has 0 fully saturated rings. The minimum absolute atomic E-state index is 0.0553. The molecule has 0 aliphatic heterocycles. The van der Waals surface area contributed by atoms with Crippen molar-refractivity contribution in [3.05, 3.63) is 35.9 Å². The molecule has 10 nitrogen and oxygen atoms in total. The van der Waals surface area contributed by atoms with E-state index in [-0.39, 0.29) is 11.7 Å². The summed E-state index contributed by atoms with van der Waals surface area (Å²) in [5.41, 5.74) is 0.805. The summed E-state index contributed by atoms with van der Waals surface area (Å²) >= 11 is 0.601. The van der Waals surface area contributed by atoms with E-state index in [2.05, 4.69) is 20.8 Å². The van der Waals surface area contributed by atoms with E-state index in [1.807, 2.05) is 18.2 Å². The summed E-state index contributed by atoms with van der Waals surface area (Å²) in [7, 11) is -3.99. The second-order valence-corrected chi connectivity index (χ2v) is 7.55. The molecule has 12 heteroatoms. The zero-order valence-electron chi connectivity index (χ0n) is 13.0. The molecule has 0 aliphatic carbocycles. The molecule has 2 aromatic rings. The van der Waals surface area contributed by atoms with Crippen molar-refractivity contribution in [1.29, 1.82) is 0 Å². The summed E-state index contributed by atoms with van der Waals surface area (Å²) < 4.78 is 26.8. The number of rotatable bonds is 6. The monoisotopic (exact) mass is 385 g/mol. The predicted molar refractivity (Wildman–Crippen MR) is 89.1 cm³/mol. The third kappa shape index (κ3) is 5.77. The Hall–Kier alpha value is -2.57. The van der Waals surface area contributed by atoms with Gasteiger partial charge < -0.3 is 10.1 Å². The lowest BCUT2D eigenvalue weighted by molar-refractivity contribution is -0.117.